The van der Waals surface area contributed by atoms with Gasteiger partial charge in [0.15, 0.2) is 11.3 Å². The average molecular weight is 371 g/mol. The minimum atomic E-state index is -0.328. The molecule has 0 aliphatic heterocycles. The molecule has 28 heavy (non-hydrogen) atoms. The molecule has 1 aromatic carbocycles. The molecule has 0 aliphatic carbocycles. The zero-order valence-electron chi connectivity index (χ0n) is 14.9. The molecule has 7 nitrogen and oxygen atoms in total. The number of pyridine rings is 1. The fourth-order valence-electron chi connectivity index (χ4n) is 3.25. The molecule has 0 N–H and O–H groups in total. The van der Waals surface area contributed by atoms with E-state index in [2.05, 4.69) is 29.9 Å². The second-order valence-electron chi connectivity index (χ2n) is 6.43. The lowest BCUT2D eigenvalue weighted by Gasteiger charge is -2.16. The van der Waals surface area contributed by atoms with Gasteiger partial charge in [0.1, 0.15) is 12.1 Å². The number of benzene rings is 1. The highest BCUT2D eigenvalue weighted by atomic mass is 19.1. The number of halogens is 1. The van der Waals surface area contributed by atoms with Gasteiger partial charge in [0.05, 0.1) is 29.8 Å². The molecule has 5 aromatic rings. The van der Waals surface area contributed by atoms with Gasteiger partial charge in [-0.25, -0.2) is 29.3 Å². The number of hydrogen-bond donors (Lipinski definition) is 0. The molecule has 0 fully saturated rings. The maximum absolute atomic E-state index is 14.8. The lowest BCUT2D eigenvalue weighted by Crippen LogP contribution is -2.09. The van der Waals surface area contributed by atoms with Crippen molar-refractivity contribution in [3.05, 3.63) is 73.1 Å². The summed E-state index contributed by atoms with van der Waals surface area (Å²) in [5.74, 6) is -0.318. The standard InChI is InChI=1S/C20H14FN7/c1-12(15-5-13-3-2-4-24-17(13)6-16(15)21)28-11-26-19-20(28)27-18(9-25-19)14-7-22-10-23-8-14/h2-12H,1H3. The van der Waals surface area contributed by atoms with Crippen molar-refractivity contribution in [3.63, 3.8) is 0 Å². The van der Waals surface area contributed by atoms with Crippen molar-refractivity contribution in [2.24, 2.45) is 0 Å². The van der Waals surface area contributed by atoms with Crippen LogP contribution in [0.15, 0.2) is 61.7 Å². The van der Waals surface area contributed by atoms with Crippen LogP contribution in [-0.2, 0) is 0 Å². The highest BCUT2D eigenvalue weighted by Crippen LogP contribution is 2.28. The molecule has 0 radical (unpaired) electrons. The van der Waals surface area contributed by atoms with Crippen LogP contribution in [0.4, 0.5) is 4.39 Å². The van der Waals surface area contributed by atoms with E-state index in [1.807, 2.05) is 29.7 Å². The molecule has 0 aliphatic rings. The third-order valence-electron chi connectivity index (χ3n) is 4.73. The van der Waals surface area contributed by atoms with Crippen molar-refractivity contribution < 1.29 is 4.39 Å². The number of hydrogen-bond acceptors (Lipinski definition) is 6. The molecule has 0 saturated carbocycles. The quantitative estimate of drug-likeness (QED) is 0.482. The summed E-state index contributed by atoms with van der Waals surface area (Å²) < 4.78 is 16.6. The maximum atomic E-state index is 14.8. The highest BCUT2D eigenvalue weighted by Gasteiger charge is 2.18. The summed E-state index contributed by atoms with van der Waals surface area (Å²) in [6, 6.07) is 6.69. The first-order valence-corrected chi connectivity index (χ1v) is 8.70. The van der Waals surface area contributed by atoms with Gasteiger partial charge in [-0.05, 0) is 19.1 Å². The Bertz CT molecular complexity index is 1300. The van der Waals surface area contributed by atoms with E-state index < -0.39 is 0 Å². The van der Waals surface area contributed by atoms with E-state index in [4.69, 9.17) is 0 Å². The van der Waals surface area contributed by atoms with E-state index in [0.717, 1.165) is 10.9 Å². The van der Waals surface area contributed by atoms with E-state index in [0.29, 0.717) is 28.1 Å². The molecule has 8 heteroatoms. The summed E-state index contributed by atoms with van der Waals surface area (Å²) in [5.41, 5.74) is 3.60. The Morgan fingerprint density at radius 1 is 1.04 bits per heavy atom. The molecule has 0 saturated heterocycles. The third kappa shape index (κ3) is 2.66. The molecule has 1 atom stereocenters. The zero-order valence-corrected chi connectivity index (χ0v) is 14.9. The normalized spacial score (nSPS) is 12.5. The van der Waals surface area contributed by atoms with Gasteiger partial charge < -0.3 is 4.57 Å². The minimum absolute atomic E-state index is 0.318. The molecule has 0 amide bonds. The molecule has 4 aromatic heterocycles. The molecule has 136 valence electrons. The summed E-state index contributed by atoms with van der Waals surface area (Å²) in [4.78, 5) is 25.6. The van der Waals surface area contributed by atoms with E-state index in [-0.39, 0.29) is 11.9 Å². The van der Waals surface area contributed by atoms with Crippen molar-refractivity contribution in [1.82, 2.24) is 34.5 Å². The van der Waals surface area contributed by atoms with Gasteiger partial charge in [0.2, 0.25) is 0 Å². The lowest BCUT2D eigenvalue weighted by molar-refractivity contribution is 0.564. The maximum Gasteiger partial charge on any atom is 0.197 e. The number of rotatable bonds is 3. The van der Waals surface area contributed by atoms with Crippen molar-refractivity contribution in [1.29, 1.82) is 0 Å². The Balaban J connectivity index is 1.64. The fraction of sp³-hybridized carbons (Fsp3) is 0.100. The van der Waals surface area contributed by atoms with Crippen LogP contribution in [0.25, 0.3) is 33.5 Å². The second kappa shape index (κ2) is 6.41. The van der Waals surface area contributed by atoms with Gasteiger partial charge in [-0.2, -0.15) is 0 Å². The van der Waals surface area contributed by atoms with Gasteiger partial charge in [0, 0.05) is 41.2 Å². The zero-order chi connectivity index (χ0) is 19.1. The summed E-state index contributed by atoms with van der Waals surface area (Å²) >= 11 is 0. The Hall–Kier alpha value is -3.81. The summed E-state index contributed by atoms with van der Waals surface area (Å²) in [7, 11) is 0. The van der Waals surface area contributed by atoms with Crippen LogP contribution in [0.3, 0.4) is 0 Å². The first-order valence-electron chi connectivity index (χ1n) is 8.70. The lowest BCUT2D eigenvalue weighted by atomic mass is 10.0. The molecule has 4 heterocycles. The van der Waals surface area contributed by atoms with Crippen molar-refractivity contribution in [3.8, 4) is 11.3 Å². The van der Waals surface area contributed by atoms with Crippen LogP contribution in [0.2, 0.25) is 0 Å². The summed E-state index contributed by atoms with van der Waals surface area (Å²) in [6.45, 7) is 1.90. The van der Waals surface area contributed by atoms with Crippen molar-refractivity contribution in [2.75, 3.05) is 0 Å². The predicted molar refractivity (Wildman–Crippen MR) is 102 cm³/mol. The highest BCUT2D eigenvalue weighted by molar-refractivity contribution is 5.79. The number of fused-ring (bicyclic) bond motifs is 2. The van der Waals surface area contributed by atoms with Crippen molar-refractivity contribution in [2.45, 2.75) is 13.0 Å². The predicted octanol–water partition coefficient (Wildman–Crippen LogP) is 3.58. The Morgan fingerprint density at radius 3 is 2.75 bits per heavy atom. The summed E-state index contributed by atoms with van der Waals surface area (Å²) in [5, 5.41) is 0.878. The fourth-order valence-corrected chi connectivity index (χ4v) is 3.25. The molecular formula is C20H14FN7. The van der Waals surface area contributed by atoms with Crippen molar-refractivity contribution >= 4 is 22.2 Å². The SMILES string of the molecule is CC(c1cc2cccnc2cc1F)n1cnc2ncc(-c3cncnc3)nc21. The van der Waals surface area contributed by atoms with Gasteiger partial charge >= 0.3 is 0 Å². The van der Waals surface area contributed by atoms with Gasteiger partial charge in [0.25, 0.3) is 0 Å². The number of aromatic nitrogens is 7. The first kappa shape index (κ1) is 16.4. The third-order valence-corrected chi connectivity index (χ3v) is 4.73. The monoisotopic (exact) mass is 371 g/mol. The van der Waals surface area contributed by atoms with Gasteiger partial charge in [-0.3, -0.25) is 4.98 Å². The number of imidazole rings is 1. The molecule has 0 spiro atoms. The van der Waals surface area contributed by atoms with Crippen LogP contribution >= 0.6 is 0 Å². The number of nitrogens with zero attached hydrogens (tertiary/aromatic N) is 7. The minimum Gasteiger partial charge on any atom is -0.306 e. The van der Waals surface area contributed by atoms with Gasteiger partial charge in [-0.15, -0.1) is 0 Å². The topological polar surface area (TPSA) is 82.3 Å². The Labute approximate surface area is 159 Å². The molecule has 0 bridgehead atoms. The van der Waals surface area contributed by atoms with E-state index in [9.17, 15) is 4.39 Å². The molecule has 5 rings (SSSR count). The smallest absolute Gasteiger partial charge is 0.197 e. The average Bonchev–Trinajstić information content (AvgIpc) is 3.16. The Morgan fingerprint density at radius 2 is 1.89 bits per heavy atom. The van der Waals surface area contributed by atoms with Crippen LogP contribution in [-0.4, -0.2) is 34.5 Å². The van der Waals surface area contributed by atoms with Gasteiger partial charge in [-0.1, -0.05) is 6.07 Å². The van der Waals surface area contributed by atoms with E-state index in [1.54, 1.807) is 31.1 Å². The molecular weight excluding hydrogens is 357 g/mol. The first-order chi connectivity index (χ1) is 13.7. The van der Waals surface area contributed by atoms with Crippen LogP contribution in [0, 0.1) is 5.82 Å². The van der Waals surface area contributed by atoms with Crippen LogP contribution in [0.5, 0.6) is 0 Å². The van der Waals surface area contributed by atoms with E-state index in [1.165, 1.54) is 12.4 Å². The second-order valence-corrected chi connectivity index (χ2v) is 6.43. The molecule has 1 unspecified atom stereocenters. The van der Waals surface area contributed by atoms with Crippen LogP contribution in [0.1, 0.15) is 18.5 Å². The van der Waals surface area contributed by atoms with E-state index >= 15 is 0 Å². The van der Waals surface area contributed by atoms with Crippen LogP contribution < -0.4 is 0 Å². The largest absolute Gasteiger partial charge is 0.306 e. The Kier molecular flexibility index (Phi) is 3.75. The summed E-state index contributed by atoms with van der Waals surface area (Å²) in [6.07, 6.45) is 9.71.